The summed E-state index contributed by atoms with van der Waals surface area (Å²) in [6, 6.07) is 9.99. The third-order valence-electron chi connectivity index (χ3n) is 4.39. The highest BCUT2D eigenvalue weighted by Gasteiger charge is 2.31. The monoisotopic (exact) mass is 342 g/mol. The molecule has 1 atom stereocenters. The van der Waals surface area contributed by atoms with Crippen molar-refractivity contribution in [2.75, 3.05) is 13.1 Å². The van der Waals surface area contributed by atoms with Crippen LogP contribution in [0.25, 0.3) is 4.96 Å². The average Bonchev–Trinajstić information content (AvgIpc) is 3.09. The van der Waals surface area contributed by atoms with Crippen LogP contribution in [0.15, 0.2) is 30.3 Å². The minimum absolute atomic E-state index is 0.0897. The number of likely N-dealkylation sites (tertiary alicyclic amines) is 1. The molecule has 1 fully saturated rings. The van der Waals surface area contributed by atoms with Crippen molar-refractivity contribution in [3.63, 3.8) is 0 Å². The fourth-order valence-electron chi connectivity index (χ4n) is 3.22. The van der Waals surface area contributed by atoms with E-state index in [-0.39, 0.29) is 11.9 Å². The van der Waals surface area contributed by atoms with Gasteiger partial charge in [0.15, 0.2) is 0 Å². The lowest BCUT2D eigenvalue weighted by molar-refractivity contribution is -0.121. The Kier molecular flexibility index (Phi) is 3.82. The number of fused-ring (bicyclic) bond motifs is 1. The van der Waals surface area contributed by atoms with E-state index in [9.17, 15) is 9.90 Å². The number of hydrogen-bond donors (Lipinski definition) is 1. The number of nitrogens with zero attached hydrogens (tertiary/aromatic N) is 4. The lowest BCUT2D eigenvalue weighted by atomic mass is 10.00. The van der Waals surface area contributed by atoms with E-state index in [4.69, 9.17) is 0 Å². The maximum Gasteiger partial charge on any atom is 0.230 e. The summed E-state index contributed by atoms with van der Waals surface area (Å²) in [5.74, 6) is 1.09. The topological polar surface area (TPSA) is 70.7 Å². The third kappa shape index (κ3) is 2.59. The molecule has 0 radical (unpaired) electrons. The summed E-state index contributed by atoms with van der Waals surface area (Å²) < 4.78 is 1.50. The van der Waals surface area contributed by atoms with E-state index in [2.05, 4.69) is 27.1 Å². The molecule has 4 rings (SSSR count). The highest BCUT2D eigenvalue weighted by molar-refractivity contribution is 7.17. The molecular formula is C17H18N4O2S. The van der Waals surface area contributed by atoms with Crippen LogP contribution in [0.3, 0.4) is 0 Å². The minimum Gasteiger partial charge on any atom is -0.492 e. The van der Waals surface area contributed by atoms with Gasteiger partial charge in [-0.05, 0) is 12.5 Å². The second-order valence-electron chi connectivity index (χ2n) is 6.03. The minimum atomic E-state index is -0.0897. The largest absolute Gasteiger partial charge is 0.492 e. The van der Waals surface area contributed by atoms with E-state index in [0.717, 1.165) is 10.4 Å². The van der Waals surface area contributed by atoms with Gasteiger partial charge in [0.1, 0.15) is 11.6 Å². The molecule has 1 aliphatic heterocycles. The SMILES string of the molecule is Cc1nc2sc(C(c3ccccc3)N3CCC(=O)CC3)c(O)n2n1. The maximum absolute atomic E-state index is 11.6. The predicted molar refractivity (Wildman–Crippen MR) is 91.4 cm³/mol. The smallest absolute Gasteiger partial charge is 0.230 e. The maximum atomic E-state index is 11.6. The predicted octanol–water partition coefficient (Wildman–Crippen LogP) is 2.56. The molecule has 6 nitrogen and oxygen atoms in total. The first-order chi connectivity index (χ1) is 11.6. The molecule has 1 saturated heterocycles. The molecule has 0 spiro atoms. The standard InChI is InChI=1S/C17H18N4O2S/c1-11-18-17-21(19-11)16(23)15(24-17)14(12-5-3-2-4-6-12)20-9-7-13(22)8-10-20/h2-6,14,23H,7-10H2,1H3. The van der Waals surface area contributed by atoms with Crippen LogP contribution >= 0.6 is 11.3 Å². The molecule has 1 aliphatic rings. The Hall–Kier alpha value is -2.25. The van der Waals surface area contributed by atoms with Gasteiger partial charge in [0, 0.05) is 25.9 Å². The molecule has 1 unspecified atom stereocenters. The quantitative estimate of drug-likeness (QED) is 0.792. The summed E-state index contributed by atoms with van der Waals surface area (Å²) >= 11 is 1.45. The highest BCUT2D eigenvalue weighted by atomic mass is 32.1. The lowest BCUT2D eigenvalue weighted by Crippen LogP contribution is -2.37. The van der Waals surface area contributed by atoms with E-state index in [1.807, 2.05) is 25.1 Å². The molecular weight excluding hydrogens is 324 g/mol. The Morgan fingerprint density at radius 2 is 1.92 bits per heavy atom. The molecule has 124 valence electrons. The van der Waals surface area contributed by atoms with Gasteiger partial charge < -0.3 is 5.11 Å². The van der Waals surface area contributed by atoms with Crippen molar-refractivity contribution in [3.05, 3.63) is 46.6 Å². The fourth-order valence-corrected chi connectivity index (χ4v) is 4.38. The summed E-state index contributed by atoms with van der Waals surface area (Å²) in [4.78, 5) is 19.7. The van der Waals surface area contributed by atoms with E-state index in [0.29, 0.717) is 42.5 Å². The normalized spacial score (nSPS) is 17.5. The first-order valence-corrected chi connectivity index (χ1v) is 8.81. The zero-order valence-electron chi connectivity index (χ0n) is 13.3. The molecule has 2 aromatic heterocycles. The number of thiazole rings is 1. The Balaban J connectivity index is 1.80. The Bertz CT molecular complexity index is 877. The molecule has 0 bridgehead atoms. The van der Waals surface area contributed by atoms with Crippen LogP contribution in [0, 0.1) is 6.92 Å². The average molecular weight is 342 g/mol. The number of ketones is 1. The van der Waals surface area contributed by atoms with Gasteiger partial charge in [0.2, 0.25) is 10.8 Å². The van der Waals surface area contributed by atoms with Crippen molar-refractivity contribution >= 4 is 22.1 Å². The molecule has 0 amide bonds. The van der Waals surface area contributed by atoms with Crippen molar-refractivity contribution in [3.8, 4) is 5.88 Å². The molecule has 0 saturated carbocycles. The highest BCUT2D eigenvalue weighted by Crippen LogP contribution is 2.40. The number of rotatable bonds is 3. The van der Waals surface area contributed by atoms with Crippen LogP contribution in [0.5, 0.6) is 5.88 Å². The van der Waals surface area contributed by atoms with Crippen LogP contribution in [0.4, 0.5) is 0 Å². The van der Waals surface area contributed by atoms with Crippen molar-refractivity contribution in [2.24, 2.45) is 0 Å². The first kappa shape index (κ1) is 15.3. The van der Waals surface area contributed by atoms with Gasteiger partial charge in [-0.1, -0.05) is 41.7 Å². The van der Waals surface area contributed by atoms with E-state index < -0.39 is 0 Å². The molecule has 24 heavy (non-hydrogen) atoms. The van der Waals surface area contributed by atoms with Gasteiger partial charge in [0.25, 0.3) is 0 Å². The molecule has 1 aromatic carbocycles. The van der Waals surface area contributed by atoms with Crippen LogP contribution in [0.1, 0.15) is 35.1 Å². The number of aromatic nitrogens is 3. The van der Waals surface area contributed by atoms with Crippen molar-refractivity contribution in [1.82, 2.24) is 19.5 Å². The van der Waals surface area contributed by atoms with E-state index in [1.54, 1.807) is 0 Å². The van der Waals surface area contributed by atoms with Gasteiger partial charge in [-0.15, -0.1) is 5.10 Å². The number of benzene rings is 1. The molecule has 1 N–H and O–H groups in total. The molecule has 0 aliphatic carbocycles. The van der Waals surface area contributed by atoms with Crippen LogP contribution < -0.4 is 0 Å². The van der Waals surface area contributed by atoms with Gasteiger partial charge in [-0.2, -0.15) is 4.52 Å². The number of aryl methyl sites for hydroxylation is 1. The summed E-state index contributed by atoms with van der Waals surface area (Å²) in [5, 5.41) is 15.0. The number of carbonyl (C=O) groups excluding carboxylic acids is 1. The lowest BCUT2D eigenvalue weighted by Gasteiger charge is -2.33. The second-order valence-corrected chi connectivity index (χ2v) is 7.04. The third-order valence-corrected chi connectivity index (χ3v) is 5.46. The molecule has 7 heteroatoms. The summed E-state index contributed by atoms with van der Waals surface area (Å²) in [5.41, 5.74) is 1.10. The number of piperidine rings is 1. The van der Waals surface area contributed by atoms with E-state index in [1.165, 1.54) is 15.9 Å². The van der Waals surface area contributed by atoms with Crippen molar-refractivity contribution in [2.45, 2.75) is 25.8 Å². The number of Topliss-reactive ketones (excluding diaryl/α,β-unsaturated/α-hetero) is 1. The molecule has 3 heterocycles. The molecule has 3 aromatic rings. The fraction of sp³-hybridized carbons (Fsp3) is 0.353. The van der Waals surface area contributed by atoms with Crippen molar-refractivity contribution in [1.29, 1.82) is 0 Å². The van der Waals surface area contributed by atoms with Crippen molar-refractivity contribution < 1.29 is 9.90 Å². The number of hydrogen-bond acceptors (Lipinski definition) is 6. The Labute approximate surface area is 143 Å². The number of aromatic hydroxyl groups is 1. The second kappa shape index (κ2) is 5.99. The van der Waals surface area contributed by atoms with Crippen LogP contribution in [-0.2, 0) is 4.79 Å². The van der Waals surface area contributed by atoms with Gasteiger partial charge >= 0.3 is 0 Å². The van der Waals surface area contributed by atoms with Crippen LogP contribution in [0.2, 0.25) is 0 Å². The van der Waals surface area contributed by atoms with Gasteiger partial charge in [0.05, 0.1) is 10.9 Å². The number of carbonyl (C=O) groups is 1. The van der Waals surface area contributed by atoms with E-state index >= 15 is 0 Å². The zero-order valence-corrected chi connectivity index (χ0v) is 14.2. The zero-order chi connectivity index (χ0) is 16.7. The summed E-state index contributed by atoms with van der Waals surface area (Å²) in [6.07, 6.45) is 1.12. The van der Waals surface area contributed by atoms with Gasteiger partial charge in [-0.3, -0.25) is 9.69 Å². The summed E-state index contributed by atoms with van der Waals surface area (Å²) in [7, 11) is 0. The van der Waals surface area contributed by atoms with Gasteiger partial charge in [-0.25, -0.2) is 4.98 Å². The first-order valence-electron chi connectivity index (χ1n) is 7.99. The Morgan fingerprint density at radius 1 is 1.21 bits per heavy atom. The Morgan fingerprint density at radius 3 is 2.58 bits per heavy atom. The summed E-state index contributed by atoms with van der Waals surface area (Å²) in [6.45, 7) is 3.21. The van der Waals surface area contributed by atoms with Crippen LogP contribution in [-0.4, -0.2) is 43.5 Å².